The molecule has 11 rings (SSSR count). The van der Waals surface area contributed by atoms with Crippen molar-refractivity contribution in [1.82, 2.24) is 0 Å². The molecule has 0 unspecified atom stereocenters. The largest absolute Gasteiger partial charge is 0.456 e. The molecule has 1 nitrogen and oxygen atoms in total. The highest BCUT2D eigenvalue weighted by Gasteiger charge is 2.22. The quantitative estimate of drug-likeness (QED) is 0.181. The molecule has 0 amide bonds. The molecule has 10 aromatic carbocycles. The van der Waals surface area contributed by atoms with Crippen LogP contribution in [-0.4, -0.2) is 0 Å². The van der Waals surface area contributed by atoms with Gasteiger partial charge in [0.15, 0.2) is 0 Å². The van der Waals surface area contributed by atoms with Gasteiger partial charge in [-0.1, -0.05) is 140 Å². The summed E-state index contributed by atoms with van der Waals surface area (Å²) in [5.41, 5.74) is 7.30. The van der Waals surface area contributed by atoms with Crippen molar-refractivity contribution in [3.05, 3.63) is 158 Å². The van der Waals surface area contributed by atoms with Crippen molar-refractivity contribution in [2.75, 3.05) is 0 Å². The molecule has 0 spiro atoms. The van der Waals surface area contributed by atoms with Gasteiger partial charge >= 0.3 is 0 Å². The first-order valence-electron chi connectivity index (χ1n) is 16.3. The van der Waals surface area contributed by atoms with Crippen LogP contribution in [0, 0.1) is 0 Å². The van der Waals surface area contributed by atoms with Crippen LogP contribution in [-0.2, 0) is 0 Å². The van der Waals surface area contributed by atoms with E-state index in [1.165, 1.54) is 92.5 Å². The van der Waals surface area contributed by atoms with Crippen LogP contribution in [0.5, 0.6) is 11.5 Å². The average Bonchev–Trinajstić information content (AvgIpc) is 3.13. The van der Waals surface area contributed by atoms with Gasteiger partial charge in [0.1, 0.15) is 11.5 Å². The lowest BCUT2D eigenvalue weighted by atomic mass is 9.87. The molecule has 1 aliphatic heterocycles. The van der Waals surface area contributed by atoms with Crippen molar-refractivity contribution in [2.24, 2.45) is 0 Å². The normalized spacial score (nSPS) is 12.4. The fourth-order valence-corrected chi connectivity index (χ4v) is 8.31. The van der Waals surface area contributed by atoms with E-state index in [0.717, 1.165) is 17.1 Å². The maximum Gasteiger partial charge on any atom is 0.136 e. The molecule has 0 fully saturated rings. The summed E-state index contributed by atoms with van der Waals surface area (Å²) in [7, 11) is 0. The molecule has 0 aliphatic carbocycles. The fraction of sp³-hybridized carbons (Fsp3) is 0. The summed E-state index contributed by atoms with van der Waals surface area (Å²) in [5, 5.41) is 15.2. The molecule has 0 saturated heterocycles. The number of ether oxygens (including phenoxy) is 1. The third kappa shape index (κ3) is 3.43. The smallest absolute Gasteiger partial charge is 0.136 e. The van der Waals surface area contributed by atoms with Crippen molar-refractivity contribution in [3.8, 4) is 44.9 Å². The molecule has 0 bridgehead atoms. The molecule has 47 heavy (non-hydrogen) atoms. The first kappa shape index (κ1) is 25.1. The van der Waals surface area contributed by atoms with Crippen molar-refractivity contribution >= 4 is 64.6 Å². The second-order valence-electron chi connectivity index (χ2n) is 12.8. The van der Waals surface area contributed by atoms with Gasteiger partial charge in [-0.25, -0.2) is 0 Å². The number of benzene rings is 10. The molecule has 1 aliphatic rings. The zero-order valence-corrected chi connectivity index (χ0v) is 25.4. The molecule has 1 heteroatoms. The van der Waals surface area contributed by atoms with E-state index in [1.807, 2.05) is 0 Å². The van der Waals surface area contributed by atoms with E-state index in [4.69, 9.17) is 4.74 Å². The Hall–Kier alpha value is -6.18. The van der Waals surface area contributed by atoms with Gasteiger partial charge in [-0.2, -0.15) is 0 Å². The third-order valence-corrected chi connectivity index (χ3v) is 10.4. The Balaban J connectivity index is 1.12. The molecular formula is C46H26O. The molecular weight excluding hydrogens is 569 g/mol. The molecule has 216 valence electrons. The lowest BCUT2D eigenvalue weighted by molar-refractivity contribution is 0.488. The summed E-state index contributed by atoms with van der Waals surface area (Å²) in [6.07, 6.45) is 0. The standard InChI is InChI=1S/C46H26O/c1-2-10-33-30(7-1)26-43-46-38(33)15-6-16-39(46)41-25-31(21-24-42(41)47-43)32-11-4-13-35-34(32)12-5-14-36(35)37-22-19-29-18-17-27-8-3-9-28-20-23-40(37)45(29)44(27)28/h1-26H. The van der Waals surface area contributed by atoms with Gasteiger partial charge in [0.25, 0.3) is 0 Å². The highest BCUT2D eigenvalue weighted by molar-refractivity contribution is 6.26. The van der Waals surface area contributed by atoms with Gasteiger partial charge in [-0.05, 0) is 105 Å². The third-order valence-electron chi connectivity index (χ3n) is 10.4. The van der Waals surface area contributed by atoms with Crippen LogP contribution < -0.4 is 4.74 Å². The first-order chi connectivity index (χ1) is 23.3. The maximum absolute atomic E-state index is 6.60. The topological polar surface area (TPSA) is 9.23 Å². The Kier molecular flexibility index (Phi) is 4.90. The number of rotatable bonds is 2. The zero-order chi connectivity index (χ0) is 30.6. The van der Waals surface area contributed by atoms with Gasteiger partial charge in [0.2, 0.25) is 0 Å². The second-order valence-corrected chi connectivity index (χ2v) is 12.8. The van der Waals surface area contributed by atoms with Crippen LogP contribution in [0.15, 0.2) is 158 Å². The van der Waals surface area contributed by atoms with Crippen molar-refractivity contribution in [3.63, 3.8) is 0 Å². The van der Waals surface area contributed by atoms with E-state index in [1.54, 1.807) is 0 Å². The Labute approximate surface area is 271 Å². The summed E-state index contributed by atoms with van der Waals surface area (Å²) in [4.78, 5) is 0. The number of hydrogen-bond donors (Lipinski definition) is 0. The minimum Gasteiger partial charge on any atom is -0.456 e. The van der Waals surface area contributed by atoms with E-state index in [-0.39, 0.29) is 0 Å². The Bertz CT molecular complexity index is 2910. The highest BCUT2D eigenvalue weighted by Crippen LogP contribution is 2.50. The minimum atomic E-state index is 0.901. The van der Waals surface area contributed by atoms with E-state index in [2.05, 4.69) is 158 Å². The lowest BCUT2D eigenvalue weighted by Gasteiger charge is -2.23. The zero-order valence-electron chi connectivity index (χ0n) is 25.4. The molecule has 0 aromatic heterocycles. The van der Waals surface area contributed by atoms with Gasteiger partial charge < -0.3 is 4.74 Å². The van der Waals surface area contributed by atoms with Gasteiger partial charge in [-0.3, -0.25) is 0 Å². The predicted molar refractivity (Wildman–Crippen MR) is 199 cm³/mol. The summed E-state index contributed by atoms with van der Waals surface area (Å²) in [5.74, 6) is 1.83. The van der Waals surface area contributed by atoms with Crippen LogP contribution in [0.2, 0.25) is 0 Å². The van der Waals surface area contributed by atoms with E-state index < -0.39 is 0 Å². The van der Waals surface area contributed by atoms with E-state index in [0.29, 0.717) is 0 Å². The predicted octanol–water partition coefficient (Wildman–Crippen LogP) is 13.2. The van der Waals surface area contributed by atoms with E-state index in [9.17, 15) is 0 Å². The number of fused-ring (bicyclic) bond motifs is 5. The Morgan fingerprint density at radius 2 is 0.894 bits per heavy atom. The van der Waals surface area contributed by atoms with E-state index >= 15 is 0 Å². The summed E-state index contributed by atoms with van der Waals surface area (Å²) >= 11 is 0. The Morgan fingerprint density at radius 3 is 1.77 bits per heavy atom. The minimum absolute atomic E-state index is 0.901. The second kappa shape index (κ2) is 9.19. The molecule has 0 radical (unpaired) electrons. The molecule has 0 saturated carbocycles. The molecule has 0 N–H and O–H groups in total. The summed E-state index contributed by atoms with van der Waals surface area (Å²) in [6, 6.07) is 57.9. The van der Waals surface area contributed by atoms with Crippen molar-refractivity contribution in [2.45, 2.75) is 0 Å². The fourth-order valence-electron chi connectivity index (χ4n) is 8.31. The first-order valence-corrected chi connectivity index (χ1v) is 16.3. The lowest BCUT2D eigenvalue weighted by Crippen LogP contribution is -1.98. The van der Waals surface area contributed by atoms with Crippen LogP contribution in [0.1, 0.15) is 0 Å². The highest BCUT2D eigenvalue weighted by atomic mass is 16.5. The van der Waals surface area contributed by atoms with Gasteiger partial charge in [0.05, 0.1) is 0 Å². The maximum atomic E-state index is 6.60. The SMILES string of the molecule is c1ccc2c(c1)cc1c3c(cccc32)-c2cc(-c3cccc4c(-c5ccc6ccc7cccc8ccc5c6c78)cccc34)ccc2O1. The van der Waals surface area contributed by atoms with Crippen molar-refractivity contribution in [1.29, 1.82) is 0 Å². The molecule has 10 aromatic rings. The van der Waals surface area contributed by atoms with Crippen LogP contribution in [0.4, 0.5) is 0 Å². The van der Waals surface area contributed by atoms with Gasteiger partial charge in [0, 0.05) is 10.9 Å². The van der Waals surface area contributed by atoms with Crippen LogP contribution >= 0.6 is 0 Å². The van der Waals surface area contributed by atoms with Gasteiger partial charge in [-0.15, -0.1) is 0 Å². The summed E-state index contributed by atoms with van der Waals surface area (Å²) in [6.45, 7) is 0. The van der Waals surface area contributed by atoms with Crippen LogP contribution in [0.25, 0.3) is 98.0 Å². The average molecular weight is 595 g/mol. The Morgan fingerprint density at radius 1 is 0.277 bits per heavy atom. The molecule has 0 atom stereocenters. The molecule has 1 heterocycles. The van der Waals surface area contributed by atoms with Crippen LogP contribution in [0.3, 0.4) is 0 Å². The monoisotopic (exact) mass is 594 g/mol. The summed E-state index contributed by atoms with van der Waals surface area (Å²) < 4.78 is 6.60. The van der Waals surface area contributed by atoms with Crippen molar-refractivity contribution < 1.29 is 4.74 Å². The number of hydrogen-bond acceptors (Lipinski definition) is 1.